The fraction of sp³-hybridized carbons (Fsp3) is 0.308. The fourth-order valence-electron chi connectivity index (χ4n) is 4.17. The molecule has 1 aliphatic rings. The molecule has 1 aromatic heterocycles. The van der Waals surface area contributed by atoms with Gasteiger partial charge in [0.1, 0.15) is 0 Å². The van der Waals surface area contributed by atoms with Crippen LogP contribution in [0.15, 0.2) is 66.9 Å². The fourth-order valence-corrected chi connectivity index (χ4v) is 4.17. The molecule has 2 heterocycles. The maximum absolute atomic E-state index is 13.5. The zero-order chi connectivity index (χ0) is 26.4. The first kappa shape index (κ1) is 25.9. The number of aromatic nitrogens is 2. The highest BCUT2D eigenvalue weighted by Gasteiger charge is 2.39. The van der Waals surface area contributed by atoms with Gasteiger partial charge in [-0.25, -0.2) is 4.68 Å². The van der Waals surface area contributed by atoms with Gasteiger partial charge in [-0.1, -0.05) is 36.4 Å². The number of hydrogen-bond donors (Lipinski definition) is 2. The van der Waals surface area contributed by atoms with Crippen LogP contribution in [-0.2, 0) is 11.0 Å². The molecular formula is C26H26F3N5O3. The van der Waals surface area contributed by atoms with Crippen LogP contribution < -0.4 is 10.6 Å². The minimum atomic E-state index is -4.81. The molecule has 2 N–H and O–H groups in total. The lowest BCUT2D eigenvalue weighted by Crippen LogP contribution is -2.44. The summed E-state index contributed by atoms with van der Waals surface area (Å²) in [6.45, 7) is 0.911. The number of para-hydroxylation sites is 1. The van der Waals surface area contributed by atoms with Crippen molar-refractivity contribution in [3.05, 3.63) is 83.7 Å². The molecule has 1 saturated heterocycles. The lowest BCUT2D eigenvalue weighted by Gasteiger charge is -2.31. The van der Waals surface area contributed by atoms with Crippen molar-refractivity contribution in [3.8, 4) is 5.69 Å². The zero-order valence-electron chi connectivity index (χ0n) is 19.9. The maximum atomic E-state index is 13.5. The van der Waals surface area contributed by atoms with Crippen LogP contribution in [0.1, 0.15) is 39.3 Å². The van der Waals surface area contributed by atoms with Crippen molar-refractivity contribution < 1.29 is 27.6 Å². The van der Waals surface area contributed by atoms with Crippen LogP contribution in [0.3, 0.4) is 0 Å². The molecule has 1 fully saturated rings. The van der Waals surface area contributed by atoms with Crippen LogP contribution in [0.2, 0.25) is 0 Å². The molecule has 194 valence electrons. The van der Waals surface area contributed by atoms with Crippen molar-refractivity contribution in [1.82, 2.24) is 25.3 Å². The molecule has 8 nitrogen and oxygen atoms in total. The molecule has 0 spiro atoms. The first-order valence-corrected chi connectivity index (χ1v) is 11.9. The van der Waals surface area contributed by atoms with Crippen LogP contribution in [0.25, 0.3) is 5.69 Å². The molecule has 0 saturated carbocycles. The van der Waals surface area contributed by atoms with Crippen molar-refractivity contribution in [2.45, 2.75) is 19.0 Å². The average Bonchev–Trinajstić information content (AvgIpc) is 3.38. The third kappa shape index (κ3) is 6.35. The van der Waals surface area contributed by atoms with Crippen molar-refractivity contribution in [2.24, 2.45) is 5.92 Å². The van der Waals surface area contributed by atoms with E-state index >= 15 is 0 Å². The number of carbonyl (C=O) groups excluding carboxylic acids is 3. The van der Waals surface area contributed by atoms with Crippen molar-refractivity contribution in [3.63, 3.8) is 0 Å². The van der Waals surface area contributed by atoms with E-state index in [0.29, 0.717) is 37.2 Å². The Kier molecular flexibility index (Phi) is 7.90. The molecule has 0 aliphatic carbocycles. The maximum Gasteiger partial charge on any atom is 0.435 e. The molecule has 0 radical (unpaired) electrons. The van der Waals surface area contributed by atoms with Gasteiger partial charge in [0.05, 0.1) is 11.3 Å². The predicted molar refractivity (Wildman–Crippen MR) is 129 cm³/mol. The first-order valence-electron chi connectivity index (χ1n) is 11.9. The summed E-state index contributed by atoms with van der Waals surface area (Å²) in [7, 11) is 0. The standard InChI is InChI=1S/C26H26F3N5O3/c27-26(28,29)22-21(17-34(32-22)20-9-5-2-6-10-20)24(36)31-14-13-30-23(35)18-11-15-33(16-12-18)25(37)19-7-3-1-4-8-19/h1-10,17-18H,11-16H2,(H,30,35)(H,31,36). The number of nitrogens with one attached hydrogen (secondary N) is 2. The summed E-state index contributed by atoms with van der Waals surface area (Å²) in [5.74, 6) is -1.50. The number of alkyl halides is 3. The number of benzene rings is 2. The summed E-state index contributed by atoms with van der Waals surface area (Å²) >= 11 is 0. The van der Waals surface area contributed by atoms with Crippen molar-refractivity contribution >= 4 is 17.7 Å². The van der Waals surface area contributed by atoms with Crippen LogP contribution >= 0.6 is 0 Å². The van der Waals surface area contributed by atoms with Crippen LogP contribution in [0.4, 0.5) is 13.2 Å². The lowest BCUT2D eigenvalue weighted by molar-refractivity contribution is -0.141. The quantitative estimate of drug-likeness (QED) is 0.474. The average molecular weight is 514 g/mol. The van der Waals surface area contributed by atoms with E-state index in [0.717, 1.165) is 10.9 Å². The van der Waals surface area contributed by atoms with Gasteiger partial charge < -0.3 is 15.5 Å². The Morgan fingerprint density at radius 3 is 2.11 bits per heavy atom. The van der Waals surface area contributed by atoms with Gasteiger partial charge in [-0.15, -0.1) is 0 Å². The molecule has 2 aromatic carbocycles. The molecule has 11 heteroatoms. The Bertz CT molecular complexity index is 1240. The summed E-state index contributed by atoms with van der Waals surface area (Å²) in [5, 5.41) is 8.69. The summed E-state index contributed by atoms with van der Waals surface area (Å²) in [6, 6.07) is 17.1. The van der Waals surface area contributed by atoms with E-state index in [-0.39, 0.29) is 30.8 Å². The summed E-state index contributed by atoms with van der Waals surface area (Å²) < 4.78 is 41.4. The number of halogens is 3. The largest absolute Gasteiger partial charge is 0.435 e. The Morgan fingerprint density at radius 2 is 1.49 bits per heavy atom. The van der Waals surface area contributed by atoms with Gasteiger partial charge in [0.25, 0.3) is 11.8 Å². The van der Waals surface area contributed by atoms with E-state index in [9.17, 15) is 27.6 Å². The molecule has 4 rings (SSSR count). The molecule has 0 bridgehead atoms. The zero-order valence-corrected chi connectivity index (χ0v) is 19.9. The van der Waals surface area contributed by atoms with Gasteiger partial charge >= 0.3 is 6.18 Å². The number of amides is 3. The minimum absolute atomic E-state index is 0.0519. The topological polar surface area (TPSA) is 96.3 Å². The highest BCUT2D eigenvalue weighted by molar-refractivity contribution is 5.95. The van der Waals surface area contributed by atoms with Crippen molar-refractivity contribution in [2.75, 3.05) is 26.2 Å². The molecule has 3 amide bonds. The van der Waals surface area contributed by atoms with E-state index < -0.39 is 23.3 Å². The lowest BCUT2D eigenvalue weighted by atomic mass is 9.95. The van der Waals surface area contributed by atoms with Crippen LogP contribution in [0, 0.1) is 5.92 Å². The van der Waals surface area contributed by atoms with E-state index in [1.165, 1.54) is 0 Å². The summed E-state index contributed by atoms with van der Waals surface area (Å²) in [4.78, 5) is 39.3. The monoisotopic (exact) mass is 513 g/mol. The van der Waals surface area contributed by atoms with E-state index in [1.807, 2.05) is 6.07 Å². The van der Waals surface area contributed by atoms with Crippen LogP contribution in [0.5, 0.6) is 0 Å². The highest BCUT2D eigenvalue weighted by atomic mass is 19.4. The predicted octanol–water partition coefficient (Wildman–Crippen LogP) is 3.29. The van der Waals surface area contributed by atoms with Gasteiger partial charge in [-0.05, 0) is 37.1 Å². The van der Waals surface area contributed by atoms with E-state index in [4.69, 9.17) is 0 Å². The molecule has 0 atom stereocenters. The molecule has 0 unspecified atom stereocenters. The smallest absolute Gasteiger partial charge is 0.354 e. The first-order chi connectivity index (χ1) is 17.7. The minimum Gasteiger partial charge on any atom is -0.354 e. The van der Waals surface area contributed by atoms with Gasteiger partial charge in [0.15, 0.2) is 5.69 Å². The van der Waals surface area contributed by atoms with Crippen molar-refractivity contribution in [1.29, 1.82) is 0 Å². The third-order valence-electron chi connectivity index (χ3n) is 6.13. The van der Waals surface area contributed by atoms with E-state index in [2.05, 4.69) is 15.7 Å². The Labute approximate surface area is 211 Å². The molecule has 3 aromatic rings. The normalized spacial score (nSPS) is 14.3. The second-order valence-corrected chi connectivity index (χ2v) is 8.65. The summed E-state index contributed by atoms with van der Waals surface area (Å²) in [6.07, 6.45) is -2.76. The van der Waals surface area contributed by atoms with Gasteiger partial charge in [-0.2, -0.15) is 18.3 Å². The number of carbonyl (C=O) groups is 3. The number of nitrogens with zero attached hydrogens (tertiary/aromatic N) is 3. The second-order valence-electron chi connectivity index (χ2n) is 8.65. The second kappa shape index (κ2) is 11.3. The summed E-state index contributed by atoms with van der Waals surface area (Å²) in [5.41, 5.74) is -0.896. The Hall–Kier alpha value is -4.15. The number of rotatable bonds is 7. The van der Waals surface area contributed by atoms with Gasteiger partial charge in [-0.3, -0.25) is 14.4 Å². The number of likely N-dealkylation sites (tertiary alicyclic amines) is 1. The molecule has 1 aliphatic heterocycles. The number of hydrogen-bond acceptors (Lipinski definition) is 4. The van der Waals surface area contributed by atoms with Gasteiger partial charge in [0.2, 0.25) is 5.91 Å². The van der Waals surface area contributed by atoms with Gasteiger partial charge in [0, 0.05) is 43.9 Å². The SMILES string of the molecule is O=C(NCCNC(=O)C1CCN(C(=O)c2ccccc2)CC1)c1cn(-c2ccccc2)nc1C(F)(F)F. The highest BCUT2D eigenvalue weighted by Crippen LogP contribution is 2.31. The van der Waals surface area contributed by atoms with E-state index in [1.54, 1.807) is 59.5 Å². The third-order valence-corrected chi connectivity index (χ3v) is 6.13. The van der Waals surface area contributed by atoms with Crippen LogP contribution in [-0.4, -0.2) is 58.6 Å². The molecular weight excluding hydrogens is 487 g/mol. The Balaban J connectivity index is 1.26. The number of piperidine rings is 1. The Morgan fingerprint density at radius 1 is 0.892 bits per heavy atom. The molecule has 37 heavy (non-hydrogen) atoms.